The van der Waals surface area contributed by atoms with E-state index >= 15 is 0 Å². The van der Waals surface area contributed by atoms with E-state index in [1.165, 1.54) is 0 Å². The summed E-state index contributed by atoms with van der Waals surface area (Å²) in [4.78, 5) is 18.1. The number of carbonyl (C=O) groups is 1. The fourth-order valence-electron chi connectivity index (χ4n) is 2.27. The molecule has 0 saturated carbocycles. The molecule has 1 saturated heterocycles. The summed E-state index contributed by atoms with van der Waals surface area (Å²) >= 11 is 0. The first-order chi connectivity index (χ1) is 9.70. The topological polar surface area (TPSA) is 74.7 Å². The molecule has 0 bridgehead atoms. The second-order valence-electron chi connectivity index (χ2n) is 4.82. The summed E-state index contributed by atoms with van der Waals surface area (Å²) in [5, 5.41) is 12.8. The molecule has 1 aliphatic rings. The minimum atomic E-state index is -0.552. The maximum atomic E-state index is 12.0. The number of ether oxygens (including phenoxy) is 1. The number of β-amino-alcohol motifs (C(OH)–C–C–N with tert-alkyl or cyclic N) is 1. The largest absolute Gasteiger partial charge is 0.390 e. The molecule has 1 amide bonds. The van der Waals surface area contributed by atoms with Gasteiger partial charge in [0.25, 0.3) is 5.91 Å². The summed E-state index contributed by atoms with van der Waals surface area (Å²) in [5.74, 6) is -0.249. The van der Waals surface area contributed by atoms with Gasteiger partial charge in [0.15, 0.2) is 0 Å². The molecule has 0 unspecified atom stereocenters. The third-order valence-electron chi connectivity index (χ3n) is 3.33. The highest BCUT2D eigenvalue weighted by Crippen LogP contribution is 2.10. The molecule has 2 N–H and O–H groups in total. The first-order valence-corrected chi connectivity index (χ1v) is 6.90. The van der Waals surface area contributed by atoms with Gasteiger partial charge in [-0.15, -0.1) is 0 Å². The minimum Gasteiger partial charge on any atom is -0.390 e. The lowest BCUT2D eigenvalue weighted by Gasteiger charge is -2.16. The van der Waals surface area contributed by atoms with E-state index < -0.39 is 6.10 Å². The number of nitrogens with one attached hydrogen (secondary N) is 1. The van der Waals surface area contributed by atoms with Gasteiger partial charge in [0.05, 0.1) is 18.8 Å². The number of amides is 1. The van der Waals surface area contributed by atoms with E-state index in [0.29, 0.717) is 32.0 Å². The fraction of sp³-hybridized carbons (Fsp3) is 0.571. The summed E-state index contributed by atoms with van der Waals surface area (Å²) in [6.45, 7) is 5.24. The fourth-order valence-corrected chi connectivity index (χ4v) is 2.27. The standard InChI is InChI=1S/C14H21N3O3/c1-2-20-8-7-17-9-12(13(18)10-17)16-14(19)11-5-3-4-6-15-11/h3-6,12-13,18H,2,7-10H2,1H3,(H,16,19)/t12-,13-/m1/s1. The first kappa shape index (κ1) is 14.9. The lowest BCUT2D eigenvalue weighted by Crippen LogP contribution is -2.43. The van der Waals surface area contributed by atoms with Crippen molar-refractivity contribution < 1.29 is 14.6 Å². The van der Waals surface area contributed by atoms with Crippen LogP contribution in [0.15, 0.2) is 24.4 Å². The first-order valence-electron chi connectivity index (χ1n) is 6.90. The van der Waals surface area contributed by atoms with Crippen molar-refractivity contribution in [2.24, 2.45) is 0 Å². The number of rotatable bonds is 6. The second-order valence-corrected chi connectivity index (χ2v) is 4.82. The van der Waals surface area contributed by atoms with Gasteiger partial charge >= 0.3 is 0 Å². The third kappa shape index (κ3) is 4.00. The predicted molar refractivity (Wildman–Crippen MR) is 74.4 cm³/mol. The van der Waals surface area contributed by atoms with Crippen molar-refractivity contribution in [3.8, 4) is 0 Å². The Morgan fingerprint density at radius 3 is 3.10 bits per heavy atom. The summed E-state index contributed by atoms with van der Waals surface area (Å²) in [6, 6.07) is 4.92. The number of carbonyl (C=O) groups excluding carboxylic acids is 1. The van der Waals surface area contributed by atoms with Gasteiger partial charge in [0.1, 0.15) is 5.69 Å². The predicted octanol–water partition coefficient (Wildman–Crippen LogP) is -0.107. The van der Waals surface area contributed by atoms with Crippen molar-refractivity contribution in [2.75, 3.05) is 32.8 Å². The Balaban J connectivity index is 1.83. The molecule has 6 nitrogen and oxygen atoms in total. The smallest absolute Gasteiger partial charge is 0.270 e. The zero-order valence-corrected chi connectivity index (χ0v) is 11.7. The highest BCUT2D eigenvalue weighted by atomic mass is 16.5. The molecule has 20 heavy (non-hydrogen) atoms. The number of nitrogens with zero attached hydrogens (tertiary/aromatic N) is 2. The van der Waals surface area contributed by atoms with Gasteiger partial charge in [-0.25, -0.2) is 0 Å². The third-order valence-corrected chi connectivity index (χ3v) is 3.33. The van der Waals surface area contributed by atoms with E-state index in [9.17, 15) is 9.90 Å². The SMILES string of the molecule is CCOCCN1C[C@@H](O)[C@H](NC(=O)c2ccccn2)C1. The van der Waals surface area contributed by atoms with Crippen molar-refractivity contribution in [3.63, 3.8) is 0 Å². The monoisotopic (exact) mass is 279 g/mol. The van der Waals surface area contributed by atoms with Crippen molar-refractivity contribution >= 4 is 5.91 Å². The van der Waals surface area contributed by atoms with Gasteiger partial charge in [0.2, 0.25) is 0 Å². The number of likely N-dealkylation sites (tertiary alicyclic amines) is 1. The molecule has 0 aliphatic carbocycles. The van der Waals surface area contributed by atoms with Gasteiger partial charge in [-0.1, -0.05) is 6.07 Å². The Morgan fingerprint density at radius 1 is 1.55 bits per heavy atom. The van der Waals surface area contributed by atoms with Crippen LogP contribution in [0.25, 0.3) is 0 Å². The molecule has 2 heterocycles. The quantitative estimate of drug-likeness (QED) is 0.711. The maximum absolute atomic E-state index is 12.0. The average molecular weight is 279 g/mol. The molecular weight excluding hydrogens is 258 g/mol. The molecule has 6 heteroatoms. The van der Waals surface area contributed by atoms with Crippen molar-refractivity contribution in [1.82, 2.24) is 15.2 Å². The van der Waals surface area contributed by atoms with Crippen LogP contribution in [0.2, 0.25) is 0 Å². The zero-order chi connectivity index (χ0) is 14.4. The number of aliphatic hydroxyl groups excluding tert-OH is 1. The van der Waals surface area contributed by atoms with E-state index in [1.807, 2.05) is 6.92 Å². The zero-order valence-electron chi connectivity index (χ0n) is 11.7. The van der Waals surface area contributed by atoms with E-state index in [-0.39, 0.29) is 11.9 Å². The molecule has 1 fully saturated rings. The van der Waals surface area contributed by atoms with Gasteiger partial charge in [0, 0.05) is 32.4 Å². The summed E-state index contributed by atoms with van der Waals surface area (Å²) in [6.07, 6.45) is 1.03. The Bertz CT molecular complexity index is 427. The van der Waals surface area contributed by atoms with E-state index in [0.717, 1.165) is 6.54 Å². The molecule has 1 aromatic rings. The van der Waals surface area contributed by atoms with Crippen molar-refractivity contribution in [2.45, 2.75) is 19.1 Å². The van der Waals surface area contributed by atoms with Crippen LogP contribution in [0.5, 0.6) is 0 Å². The molecule has 2 atom stereocenters. The van der Waals surface area contributed by atoms with Crippen LogP contribution < -0.4 is 5.32 Å². The summed E-state index contributed by atoms with van der Waals surface area (Å²) in [7, 11) is 0. The average Bonchev–Trinajstić information content (AvgIpc) is 2.80. The maximum Gasteiger partial charge on any atom is 0.270 e. The molecular formula is C14H21N3O3. The normalized spacial score (nSPS) is 22.9. The van der Waals surface area contributed by atoms with Gasteiger partial charge in [-0.2, -0.15) is 0 Å². The molecule has 0 spiro atoms. The van der Waals surface area contributed by atoms with Crippen LogP contribution >= 0.6 is 0 Å². The highest BCUT2D eigenvalue weighted by molar-refractivity contribution is 5.92. The Morgan fingerprint density at radius 2 is 2.40 bits per heavy atom. The summed E-state index contributed by atoms with van der Waals surface area (Å²) in [5.41, 5.74) is 0.368. The van der Waals surface area contributed by atoms with Crippen molar-refractivity contribution in [1.29, 1.82) is 0 Å². The van der Waals surface area contributed by atoms with Crippen LogP contribution in [-0.4, -0.2) is 65.9 Å². The van der Waals surface area contributed by atoms with E-state index in [4.69, 9.17) is 4.74 Å². The van der Waals surface area contributed by atoms with Crippen LogP contribution in [0, 0.1) is 0 Å². The Hall–Kier alpha value is -1.50. The molecule has 1 aromatic heterocycles. The van der Waals surface area contributed by atoms with Crippen LogP contribution in [0.1, 0.15) is 17.4 Å². The van der Waals surface area contributed by atoms with Crippen LogP contribution in [0.4, 0.5) is 0 Å². The molecule has 110 valence electrons. The molecule has 1 aliphatic heterocycles. The number of aliphatic hydroxyl groups is 1. The molecule has 0 aromatic carbocycles. The van der Waals surface area contributed by atoms with E-state index in [1.54, 1.807) is 24.4 Å². The van der Waals surface area contributed by atoms with Crippen LogP contribution in [0.3, 0.4) is 0 Å². The summed E-state index contributed by atoms with van der Waals surface area (Å²) < 4.78 is 5.30. The molecule has 0 radical (unpaired) electrons. The molecule has 2 rings (SSSR count). The van der Waals surface area contributed by atoms with Gasteiger partial charge < -0.3 is 15.2 Å². The number of pyridine rings is 1. The Labute approximate surface area is 118 Å². The lowest BCUT2D eigenvalue weighted by molar-refractivity contribution is 0.0882. The number of hydrogen-bond acceptors (Lipinski definition) is 5. The van der Waals surface area contributed by atoms with Gasteiger partial charge in [-0.05, 0) is 19.1 Å². The number of hydrogen-bond donors (Lipinski definition) is 2. The van der Waals surface area contributed by atoms with Crippen molar-refractivity contribution in [3.05, 3.63) is 30.1 Å². The van der Waals surface area contributed by atoms with Crippen LogP contribution in [-0.2, 0) is 4.74 Å². The van der Waals surface area contributed by atoms with E-state index in [2.05, 4.69) is 15.2 Å². The lowest BCUT2D eigenvalue weighted by atomic mass is 10.2. The second kappa shape index (κ2) is 7.33. The highest BCUT2D eigenvalue weighted by Gasteiger charge is 2.32. The van der Waals surface area contributed by atoms with Gasteiger partial charge in [-0.3, -0.25) is 14.7 Å². The number of aromatic nitrogens is 1. The Kier molecular flexibility index (Phi) is 5.46. The minimum absolute atomic E-state index is 0.249.